The van der Waals surface area contributed by atoms with E-state index in [4.69, 9.17) is 0 Å². The van der Waals surface area contributed by atoms with E-state index in [9.17, 15) is 4.79 Å². The fourth-order valence-corrected chi connectivity index (χ4v) is 1.26. The summed E-state index contributed by atoms with van der Waals surface area (Å²) in [5.41, 5.74) is 2.51. The fraction of sp³-hybridized carbons (Fsp3) is 0.308. The molecule has 1 aromatic carbocycles. The zero-order valence-corrected chi connectivity index (χ0v) is 9.69. The predicted octanol–water partition coefficient (Wildman–Crippen LogP) is 2.03. The van der Waals surface area contributed by atoms with E-state index in [-0.39, 0.29) is 5.97 Å². The van der Waals surface area contributed by atoms with Gasteiger partial charge in [0.15, 0.2) is 0 Å². The monoisotopic (exact) mass is 219 g/mol. The molecule has 0 aliphatic heterocycles. The third-order valence-electron chi connectivity index (χ3n) is 2.28. The summed E-state index contributed by atoms with van der Waals surface area (Å²) in [7, 11) is 1.36. The lowest BCUT2D eigenvalue weighted by atomic mass is 10.1. The molecule has 1 rings (SSSR count). The first-order chi connectivity index (χ1) is 7.76. The lowest BCUT2D eigenvalue weighted by Gasteiger charge is -2.02. The minimum Gasteiger partial charge on any atom is -0.466 e. The van der Waals surface area contributed by atoms with E-state index >= 15 is 0 Å². The van der Waals surface area contributed by atoms with Gasteiger partial charge in [-0.1, -0.05) is 31.2 Å². The Labute approximate surface area is 96.1 Å². The molecule has 16 heavy (non-hydrogen) atoms. The number of aryl methyl sites for hydroxylation is 1. The number of esters is 1. The van der Waals surface area contributed by atoms with Crippen LogP contribution in [0.3, 0.4) is 0 Å². The van der Waals surface area contributed by atoms with Crippen molar-refractivity contribution in [3.8, 4) is 0 Å². The molecule has 1 N–H and O–H groups in total. The number of ether oxygens (including phenoxy) is 1. The Hall–Kier alpha value is -1.77. The molecule has 0 amide bonds. The van der Waals surface area contributed by atoms with E-state index in [0.717, 1.165) is 6.42 Å². The van der Waals surface area contributed by atoms with Gasteiger partial charge in [-0.05, 0) is 17.5 Å². The molecule has 0 saturated carbocycles. The summed E-state index contributed by atoms with van der Waals surface area (Å²) in [4.78, 5) is 10.8. The normalized spacial score (nSPS) is 10.4. The first kappa shape index (κ1) is 12.3. The van der Waals surface area contributed by atoms with Gasteiger partial charge in [0.1, 0.15) is 0 Å². The lowest BCUT2D eigenvalue weighted by Crippen LogP contribution is -2.06. The molecule has 0 aliphatic carbocycles. The van der Waals surface area contributed by atoms with Gasteiger partial charge in [-0.3, -0.25) is 0 Å². The fourth-order valence-electron chi connectivity index (χ4n) is 1.26. The SMILES string of the molecule is CCc1ccc(CN/C=C/C(=O)OC)cc1. The molecule has 3 heteroatoms. The molecular formula is C13H17NO2. The van der Waals surface area contributed by atoms with Gasteiger partial charge in [0.25, 0.3) is 0 Å². The number of hydrogen-bond acceptors (Lipinski definition) is 3. The summed E-state index contributed by atoms with van der Waals surface area (Å²) in [5.74, 6) is -0.353. The van der Waals surface area contributed by atoms with Gasteiger partial charge in [-0.2, -0.15) is 0 Å². The summed E-state index contributed by atoms with van der Waals surface area (Å²) in [6.07, 6.45) is 4.01. The summed E-state index contributed by atoms with van der Waals surface area (Å²) in [5, 5.41) is 3.02. The summed E-state index contributed by atoms with van der Waals surface area (Å²) >= 11 is 0. The molecule has 1 aromatic rings. The van der Waals surface area contributed by atoms with Crippen molar-refractivity contribution in [2.45, 2.75) is 19.9 Å². The standard InChI is InChI=1S/C13H17NO2/c1-3-11-4-6-12(7-5-11)10-14-9-8-13(15)16-2/h4-9,14H,3,10H2,1-2H3/b9-8+. The molecule has 86 valence electrons. The van der Waals surface area contributed by atoms with Gasteiger partial charge in [-0.15, -0.1) is 0 Å². The van der Waals surface area contributed by atoms with Crippen molar-refractivity contribution in [2.24, 2.45) is 0 Å². The van der Waals surface area contributed by atoms with Crippen molar-refractivity contribution >= 4 is 5.97 Å². The third-order valence-corrected chi connectivity index (χ3v) is 2.28. The smallest absolute Gasteiger partial charge is 0.331 e. The Kier molecular flexibility index (Phi) is 5.12. The van der Waals surface area contributed by atoms with Crippen LogP contribution in [0.2, 0.25) is 0 Å². The van der Waals surface area contributed by atoms with E-state index in [2.05, 4.69) is 41.2 Å². The van der Waals surface area contributed by atoms with Crippen LogP contribution >= 0.6 is 0 Å². The van der Waals surface area contributed by atoms with Crippen molar-refractivity contribution in [2.75, 3.05) is 7.11 Å². The average Bonchev–Trinajstić information content (AvgIpc) is 2.35. The average molecular weight is 219 g/mol. The maximum atomic E-state index is 10.8. The highest BCUT2D eigenvalue weighted by Crippen LogP contribution is 2.04. The topological polar surface area (TPSA) is 38.3 Å². The highest BCUT2D eigenvalue weighted by atomic mass is 16.5. The van der Waals surface area contributed by atoms with Crippen LogP contribution in [0, 0.1) is 0 Å². The molecule has 0 heterocycles. The molecule has 0 saturated heterocycles. The summed E-state index contributed by atoms with van der Waals surface area (Å²) < 4.78 is 4.47. The second-order valence-corrected chi connectivity index (χ2v) is 3.41. The van der Waals surface area contributed by atoms with Gasteiger partial charge in [0.2, 0.25) is 0 Å². The molecule has 0 atom stereocenters. The minimum absolute atomic E-state index is 0.353. The first-order valence-corrected chi connectivity index (χ1v) is 5.32. The highest BCUT2D eigenvalue weighted by molar-refractivity contribution is 5.81. The van der Waals surface area contributed by atoms with E-state index in [1.54, 1.807) is 6.20 Å². The molecule has 0 radical (unpaired) electrons. The zero-order chi connectivity index (χ0) is 11.8. The van der Waals surface area contributed by atoms with Crippen LogP contribution in [-0.4, -0.2) is 13.1 Å². The van der Waals surface area contributed by atoms with E-state index < -0.39 is 0 Å². The number of methoxy groups -OCH3 is 1. The number of carbonyl (C=O) groups excluding carboxylic acids is 1. The molecule has 0 bridgehead atoms. The molecule has 0 unspecified atom stereocenters. The van der Waals surface area contributed by atoms with Crippen LogP contribution in [0.15, 0.2) is 36.5 Å². The van der Waals surface area contributed by atoms with Crippen LogP contribution in [0.4, 0.5) is 0 Å². The van der Waals surface area contributed by atoms with Gasteiger partial charge in [0.05, 0.1) is 7.11 Å². The largest absolute Gasteiger partial charge is 0.466 e. The number of rotatable bonds is 5. The number of carbonyl (C=O) groups is 1. The molecule has 3 nitrogen and oxygen atoms in total. The maximum absolute atomic E-state index is 10.8. The lowest BCUT2D eigenvalue weighted by molar-refractivity contribution is -0.134. The van der Waals surface area contributed by atoms with Gasteiger partial charge >= 0.3 is 5.97 Å². The van der Waals surface area contributed by atoms with Crippen molar-refractivity contribution in [3.05, 3.63) is 47.7 Å². The molecule has 0 fully saturated rings. The Morgan fingerprint density at radius 1 is 1.31 bits per heavy atom. The summed E-state index contributed by atoms with van der Waals surface area (Å²) in [6, 6.07) is 8.39. The molecule has 0 spiro atoms. The van der Waals surface area contributed by atoms with Crippen molar-refractivity contribution < 1.29 is 9.53 Å². The van der Waals surface area contributed by atoms with Crippen LogP contribution in [-0.2, 0) is 22.5 Å². The number of benzene rings is 1. The van der Waals surface area contributed by atoms with Crippen molar-refractivity contribution in [3.63, 3.8) is 0 Å². The van der Waals surface area contributed by atoms with E-state index in [1.807, 2.05) is 0 Å². The second kappa shape index (κ2) is 6.67. The van der Waals surface area contributed by atoms with Crippen LogP contribution < -0.4 is 5.32 Å². The molecule has 0 aliphatic rings. The van der Waals surface area contributed by atoms with Gasteiger partial charge in [0, 0.05) is 18.8 Å². The minimum atomic E-state index is -0.353. The van der Waals surface area contributed by atoms with E-state index in [1.165, 1.54) is 24.3 Å². The van der Waals surface area contributed by atoms with Gasteiger partial charge < -0.3 is 10.1 Å². The van der Waals surface area contributed by atoms with Crippen LogP contribution in [0.1, 0.15) is 18.1 Å². The van der Waals surface area contributed by atoms with E-state index in [0.29, 0.717) is 6.54 Å². The summed E-state index contributed by atoms with van der Waals surface area (Å²) in [6.45, 7) is 2.84. The van der Waals surface area contributed by atoms with Crippen LogP contribution in [0.25, 0.3) is 0 Å². The van der Waals surface area contributed by atoms with Crippen LogP contribution in [0.5, 0.6) is 0 Å². The second-order valence-electron chi connectivity index (χ2n) is 3.41. The predicted molar refractivity (Wildman–Crippen MR) is 63.8 cm³/mol. The highest BCUT2D eigenvalue weighted by Gasteiger charge is 1.92. The van der Waals surface area contributed by atoms with Crippen molar-refractivity contribution in [1.29, 1.82) is 0 Å². The van der Waals surface area contributed by atoms with Gasteiger partial charge in [-0.25, -0.2) is 4.79 Å². The maximum Gasteiger partial charge on any atom is 0.331 e. The quantitative estimate of drug-likeness (QED) is 0.608. The Balaban J connectivity index is 2.37. The molecular weight excluding hydrogens is 202 g/mol. The Morgan fingerprint density at radius 2 is 1.94 bits per heavy atom. The first-order valence-electron chi connectivity index (χ1n) is 5.32. The number of nitrogens with one attached hydrogen (secondary N) is 1. The number of hydrogen-bond donors (Lipinski definition) is 1. The Bertz CT molecular complexity index is 355. The molecule has 0 aromatic heterocycles. The third kappa shape index (κ3) is 4.17. The zero-order valence-electron chi connectivity index (χ0n) is 9.69. The Morgan fingerprint density at radius 3 is 2.50 bits per heavy atom. The van der Waals surface area contributed by atoms with Crippen molar-refractivity contribution in [1.82, 2.24) is 5.32 Å².